The van der Waals surface area contributed by atoms with Gasteiger partial charge in [0.1, 0.15) is 16.7 Å². The molecule has 2 aromatic rings. The minimum Gasteiger partial charge on any atom is -0.478 e. The van der Waals surface area contributed by atoms with Crippen LogP contribution in [0.25, 0.3) is 17.2 Å². The summed E-state index contributed by atoms with van der Waals surface area (Å²) in [5.74, 6) is -2.24. The molecule has 1 aromatic heterocycles. The van der Waals surface area contributed by atoms with Crippen molar-refractivity contribution >= 4 is 46.8 Å². The summed E-state index contributed by atoms with van der Waals surface area (Å²) >= 11 is 17.6. The molecule has 25 heavy (non-hydrogen) atoms. The molecule has 0 spiro atoms. The van der Waals surface area contributed by atoms with Crippen molar-refractivity contribution in [3.63, 3.8) is 0 Å². The van der Waals surface area contributed by atoms with Crippen molar-refractivity contribution < 1.29 is 27.5 Å². The molecule has 0 radical (unpaired) electrons. The monoisotopic (exact) mass is 415 g/mol. The first-order valence-corrected chi connectivity index (χ1v) is 7.59. The predicted molar refractivity (Wildman–Crippen MR) is 87.5 cm³/mol. The van der Waals surface area contributed by atoms with E-state index in [1.54, 1.807) is 0 Å². The fourth-order valence-electron chi connectivity index (χ4n) is 2.21. The van der Waals surface area contributed by atoms with Crippen LogP contribution in [0.3, 0.4) is 0 Å². The van der Waals surface area contributed by atoms with Crippen LogP contribution in [0.5, 0.6) is 0 Å². The van der Waals surface area contributed by atoms with Crippen molar-refractivity contribution in [3.05, 3.63) is 50.5 Å². The smallest absolute Gasteiger partial charge is 0.432 e. The fourth-order valence-corrected chi connectivity index (χ4v) is 3.18. The normalized spacial score (nSPS) is 12.2. The minimum absolute atomic E-state index is 0.0741. The molecular formula is C15H8Cl3F4NO2. The first kappa shape index (κ1) is 19.6. The Morgan fingerprint density at radius 3 is 2.32 bits per heavy atom. The maximum atomic E-state index is 14.3. The van der Waals surface area contributed by atoms with E-state index in [9.17, 15) is 22.4 Å². The zero-order chi connectivity index (χ0) is 19.1. The maximum absolute atomic E-state index is 14.3. The number of halogens is 7. The summed E-state index contributed by atoms with van der Waals surface area (Å²) in [6, 6.07) is 1.91. The Balaban J connectivity index is 2.75. The summed E-state index contributed by atoms with van der Waals surface area (Å²) in [5, 5.41) is 7.33. The molecule has 2 rings (SSSR count). The van der Waals surface area contributed by atoms with Crippen molar-refractivity contribution in [3.8, 4) is 11.1 Å². The first-order valence-electron chi connectivity index (χ1n) is 6.46. The summed E-state index contributed by atoms with van der Waals surface area (Å²) in [4.78, 5) is 10.6. The van der Waals surface area contributed by atoms with E-state index in [2.05, 4.69) is 0 Å². The van der Waals surface area contributed by atoms with Gasteiger partial charge in [-0.3, -0.25) is 0 Å². The summed E-state index contributed by atoms with van der Waals surface area (Å²) in [5.41, 5.74) is -1.86. The lowest BCUT2D eigenvalue weighted by atomic mass is 10.0. The Bertz CT molecular complexity index is 888. The Hall–Kier alpha value is -1.70. The van der Waals surface area contributed by atoms with Gasteiger partial charge in [0.05, 0.1) is 10.0 Å². The molecule has 0 saturated carbocycles. The lowest BCUT2D eigenvalue weighted by Gasteiger charge is -2.08. The number of hydrogen-bond acceptors (Lipinski definition) is 1. The van der Waals surface area contributed by atoms with Gasteiger partial charge in [-0.25, -0.2) is 9.18 Å². The zero-order valence-electron chi connectivity index (χ0n) is 12.3. The number of carbonyl (C=O) groups is 1. The van der Waals surface area contributed by atoms with Crippen LogP contribution in [0.2, 0.25) is 15.2 Å². The Morgan fingerprint density at radius 2 is 1.84 bits per heavy atom. The average Bonchev–Trinajstić information content (AvgIpc) is 2.68. The molecule has 0 amide bonds. The Kier molecular flexibility index (Phi) is 5.41. The molecule has 0 aliphatic carbocycles. The number of benzene rings is 1. The molecule has 3 nitrogen and oxygen atoms in total. The molecule has 0 saturated heterocycles. The van der Waals surface area contributed by atoms with Gasteiger partial charge in [0, 0.05) is 24.3 Å². The van der Waals surface area contributed by atoms with Crippen LogP contribution in [-0.2, 0) is 18.0 Å². The highest BCUT2D eigenvalue weighted by molar-refractivity contribution is 6.40. The zero-order valence-corrected chi connectivity index (χ0v) is 14.5. The predicted octanol–water partition coefficient (Wildman–Crippen LogP) is 5.91. The average molecular weight is 417 g/mol. The topological polar surface area (TPSA) is 42.2 Å². The molecule has 1 N–H and O–H groups in total. The van der Waals surface area contributed by atoms with E-state index in [1.165, 1.54) is 0 Å². The van der Waals surface area contributed by atoms with Crippen molar-refractivity contribution in [2.24, 2.45) is 7.05 Å². The van der Waals surface area contributed by atoms with Crippen LogP contribution in [0, 0.1) is 5.82 Å². The number of aliphatic carboxylic acids is 1. The lowest BCUT2D eigenvalue weighted by molar-refractivity contribution is -0.143. The minimum atomic E-state index is -4.80. The van der Waals surface area contributed by atoms with Gasteiger partial charge >= 0.3 is 12.1 Å². The van der Waals surface area contributed by atoms with E-state index in [0.29, 0.717) is 4.57 Å². The summed E-state index contributed by atoms with van der Waals surface area (Å²) in [6.45, 7) is 0. The molecule has 0 aliphatic rings. The van der Waals surface area contributed by atoms with Crippen LogP contribution in [0.1, 0.15) is 11.3 Å². The highest BCUT2D eigenvalue weighted by Crippen LogP contribution is 2.46. The fraction of sp³-hybridized carbons (Fsp3) is 0.133. The van der Waals surface area contributed by atoms with Crippen molar-refractivity contribution in [1.29, 1.82) is 0 Å². The van der Waals surface area contributed by atoms with E-state index >= 15 is 0 Å². The van der Waals surface area contributed by atoms with Crippen LogP contribution < -0.4 is 0 Å². The quantitative estimate of drug-likeness (QED) is 0.499. The number of alkyl halides is 3. The van der Waals surface area contributed by atoms with Gasteiger partial charge in [-0.1, -0.05) is 34.8 Å². The standard InChI is InChI=1S/C15H8Cl3F4NO2/c1-23-13(15(20,21)22)12(17)11(14(23)18)7-4-6(2-3-10(24)25)8(16)5-9(7)19/h2-5H,1H3,(H,24,25). The van der Waals surface area contributed by atoms with E-state index in [1.807, 2.05) is 0 Å². The number of hydrogen-bond donors (Lipinski definition) is 1. The summed E-state index contributed by atoms with van der Waals surface area (Å²) < 4.78 is 54.2. The molecular weight excluding hydrogens is 409 g/mol. The molecule has 10 heteroatoms. The molecule has 0 fully saturated rings. The first-order chi connectivity index (χ1) is 11.4. The van der Waals surface area contributed by atoms with E-state index in [-0.39, 0.29) is 21.7 Å². The number of aromatic nitrogens is 1. The van der Waals surface area contributed by atoms with Crippen LogP contribution in [0.4, 0.5) is 17.6 Å². The highest BCUT2D eigenvalue weighted by Gasteiger charge is 2.40. The lowest BCUT2D eigenvalue weighted by Crippen LogP contribution is -2.11. The largest absolute Gasteiger partial charge is 0.478 e. The number of carboxylic acids is 1. The van der Waals surface area contributed by atoms with Gasteiger partial charge in [0.25, 0.3) is 0 Å². The van der Waals surface area contributed by atoms with Crippen LogP contribution in [0.15, 0.2) is 18.2 Å². The van der Waals surface area contributed by atoms with Crippen molar-refractivity contribution in [2.45, 2.75) is 6.18 Å². The second-order valence-electron chi connectivity index (χ2n) is 4.91. The van der Waals surface area contributed by atoms with Crippen LogP contribution in [-0.4, -0.2) is 15.6 Å². The second kappa shape index (κ2) is 6.90. The highest BCUT2D eigenvalue weighted by atomic mass is 35.5. The van der Waals surface area contributed by atoms with Crippen molar-refractivity contribution in [1.82, 2.24) is 4.57 Å². The van der Waals surface area contributed by atoms with Gasteiger partial charge < -0.3 is 9.67 Å². The Labute approximate surface area is 154 Å². The summed E-state index contributed by atoms with van der Waals surface area (Å²) in [7, 11) is 1.04. The van der Waals surface area contributed by atoms with Crippen molar-refractivity contribution in [2.75, 3.05) is 0 Å². The SMILES string of the molecule is Cn1c(Cl)c(-c2cc(C=CC(=O)O)c(Cl)cc2F)c(Cl)c1C(F)(F)F. The number of nitrogens with zero attached hydrogens (tertiary/aromatic N) is 1. The summed E-state index contributed by atoms with van der Waals surface area (Å²) in [6.07, 6.45) is -2.98. The van der Waals surface area contributed by atoms with Crippen LogP contribution >= 0.6 is 34.8 Å². The number of rotatable bonds is 3. The third-order valence-corrected chi connectivity index (χ3v) is 4.43. The molecule has 134 valence electrons. The third kappa shape index (κ3) is 3.78. The molecule has 0 bridgehead atoms. The van der Waals surface area contributed by atoms with Gasteiger partial charge in [-0.2, -0.15) is 13.2 Å². The molecule has 1 heterocycles. The molecule has 0 aliphatic heterocycles. The van der Waals surface area contributed by atoms with Gasteiger partial charge in [0.15, 0.2) is 0 Å². The van der Waals surface area contributed by atoms with E-state index < -0.39 is 33.8 Å². The number of carboxylic acid groups (broad SMARTS) is 1. The maximum Gasteiger partial charge on any atom is 0.432 e. The van der Waals surface area contributed by atoms with E-state index in [0.717, 1.165) is 31.3 Å². The molecule has 0 atom stereocenters. The van der Waals surface area contributed by atoms with Gasteiger partial charge in [-0.05, 0) is 23.8 Å². The molecule has 0 unspecified atom stereocenters. The van der Waals surface area contributed by atoms with E-state index in [4.69, 9.17) is 39.9 Å². The third-order valence-electron chi connectivity index (χ3n) is 3.29. The van der Waals surface area contributed by atoms with Gasteiger partial charge in [-0.15, -0.1) is 0 Å². The molecule has 1 aromatic carbocycles. The Morgan fingerprint density at radius 1 is 1.24 bits per heavy atom. The second-order valence-corrected chi connectivity index (χ2v) is 6.05. The van der Waals surface area contributed by atoms with Gasteiger partial charge in [0.2, 0.25) is 0 Å².